The molecule has 0 aliphatic rings. The van der Waals surface area contributed by atoms with E-state index >= 15 is 0 Å². The lowest BCUT2D eigenvalue weighted by atomic mass is 10.1. The van der Waals surface area contributed by atoms with Crippen molar-refractivity contribution >= 4 is 15.9 Å². The normalized spacial score (nSPS) is 12.7. The summed E-state index contributed by atoms with van der Waals surface area (Å²) in [6.07, 6.45) is 0.877. The number of likely N-dealkylation sites (N-methyl/N-ethyl adjacent to an activating group) is 1. The number of benzene rings is 1. The summed E-state index contributed by atoms with van der Waals surface area (Å²) in [6, 6.07) is 2.15. The molecule has 1 aromatic rings. The molecule has 0 heterocycles. The standard InChI is InChI=1S/C13H18BrF2NO/c1-3-7-18-8-11(17-4-2)12-10(15)6-5-9(14)13(12)16/h5-6,11,17H,3-4,7-8H2,1-2H3. The third-order valence-electron chi connectivity index (χ3n) is 2.51. The molecule has 0 radical (unpaired) electrons. The molecule has 0 aliphatic carbocycles. The predicted octanol–water partition coefficient (Wildman–Crippen LogP) is 3.80. The summed E-state index contributed by atoms with van der Waals surface area (Å²) in [5.41, 5.74) is 0.0299. The maximum absolute atomic E-state index is 14.0. The van der Waals surface area contributed by atoms with E-state index in [-0.39, 0.29) is 16.6 Å². The highest BCUT2D eigenvalue weighted by molar-refractivity contribution is 9.10. The lowest BCUT2D eigenvalue weighted by molar-refractivity contribution is 0.110. The molecule has 102 valence electrons. The molecule has 0 saturated carbocycles. The van der Waals surface area contributed by atoms with Gasteiger partial charge < -0.3 is 10.1 Å². The van der Waals surface area contributed by atoms with Crippen LogP contribution in [-0.2, 0) is 4.74 Å². The molecule has 5 heteroatoms. The summed E-state index contributed by atoms with van der Waals surface area (Å²) in [5.74, 6) is -1.12. The molecule has 0 amide bonds. The maximum atomic E-state index is 14.0. The fourth-order valence-electron chi connectivity index (χ4n) is 1.70. The Morgan fingerprint density at radius 3 is 2.67 bits per heavy atom. The van der Waals surface area contributed by atoms with Crippen LogP contribution >= 0.6 is 15.9 Å². The van der Waals surface area contributed by atoms with E-state index < -0.39 is 17.7 Å². The van der Waals surface area contributed by atoms with E-state index in [0.717, 1.165) is 6.42 Å². The summed E-state index contributed by atoms with van der Waals surface area (Å²) < 4.78 is 33.4. The zero-order valence-electron chi connectivity index (χ0n) is 10.6. The highest BCUT2D eigenvalue weighted by Crippen LogP contribution is 2.27. The van der Waals surface area contributed by atoms with E-state index in [9.17, 15) is 8.78 Å². The third kappa shape index (κ3) is 4.00. The van der Waals surface area contributed by atoms with Gasteiger partial charge in [-0.25, -0.2) is 8.78 Å². The smallest absolute Gasteiger partial charge is 0.145 e. The van der Waals surface area contributed by atoms with Crippen LogP contribution in [0, 0.1) is 11.6 Å². The van der Waals surface area contributed by atoms with Gasteiger partial charge in [0.05, 0.1) is 17.1 Å². The predicted molar refractivity (Wildman–Crippen MR) is 71.6 cm³/mol. The van der Waals surface area contributed by atoms with Crippen molar-refractivity contribution in [2.24, 2.45) is 0 Å². The van der Waals surface area contributed by atoms with Gasteiger partial charge in [0.2, 0.25) is 0 Å². The Bertz CT molecular complexity index is 387. The highest BCUT2D eigenvalue weighted by atomic mass is 79.9. The van der Waals surface area contributed by atoms with Gasteiger partial charge in [-0.2, -0.15) is 0 Å². The lowest BCUT2D eigenvalue weighted by Crippen LogP contribution is -2.27. The maximum Gasteiger partial charge on any atom is 0.145 e. The van der Waals surface area contributed by atoms with E-state index in [1.165, 1.54) is 12.1 Å². The summed E-state index contributed by atoms with van der Waals surface area (Å²) in [4.78, 5) is 0. The Morgan fingerprint density at radius 1 is 1.33 bits per heavy atom. The number of halogens is 3. The summed E-state index contributed by atoms with van der Waals surface area (Å²) in [7, 11) is 0. The Kier molecular flexibility index (Phi) is 6.75. The molecule has 1 unspecified atom stereocenters. The van der Waals surface area contributed by atoms with Crippen LogP contribution in [-0.4, -0.2) is 19.8 Å². The SMILES string of the molecule is CCCOCC(NCC)c1c(F)ccc(Br)c1F. The average Bonchev–Trinajstić information content (AvgIpc) is 2.35. The second-order valence-corrected chi connectivity index (χ2v) is 4.80. The van der Waals surface area contributed by atoms with Crippen LogP contribution in [0.1, 0.15) is 31.9 Å². The van der Waals surface area contributed by atoms with E-state index in [0.29, 0.717) is 13.2 Å². The van der Waals surface area contributed by atoms with Crippen LogP contribution in [0.4, 0.5) is 8.78 Å². The van der Waals surface area contributed by atoms with Crippen molar-refractivity contribution < 1.29 is 13.5 Å². The number of hydrogen-bond acceptors (Lipinski definition) is 2. The van der Waals surface area contributed by atoms with Crippen molar-refractivity contribution in [3.63, 3.8) is 0 Å². The van der Waals surface area contributed by atoms with E-state index in [1.54, 1.807) is 0 Å². The van der Waals surface area contributed by atoms with Crippen LogP contribution in [0.15, 0.2) is 16.6 Å². The minimum absolute atomic E-state index is 0.0299. The van der Waals surface area contributed by atoms with Crippen LogP contribution in [0.25, 0.3) is 0 Å². The van der Waals surface area contributed by atoms with Gasteiger partial charge in [-0.1, -0.05) is 13.8 Å². The molecule has 0 aliphatic heterocycles. The summed E-state index contributed by atoms with van der Waals surface area (Å²) >= 11 is 3.07. The van der Waals surface area contributed by atoms with E-state index in [1.807, 2.05) is 13.8 Å². The Balaban J connectivity index is 2.93. The van der Waals surface area contributed by atoms with Crippen LogP contribution < -0.4 is 5.32 Å². The van der Waals surface area contributed by atoms with E-state index in [4.69, 9.17) is 4.74 Å². The first-order valence-corrected chi connectivity index (χ1v) is 6.85. The Hall–Kier alpha value is -0.520. The van der Waals surface area contributed by atoms with Crippen LogP contribution in [0.5, 0.6) is 0 Å². The van der Waals surface area contributed by atoms with Crippen molar-refractivity contribution in [3.8, 4) is 0 Å². The zero-order chi connectivity index (χ0) is 13.5. The second kappa shape index (κ2) is 7.81. The number of ether oxygens (including phenoxy) is 1. The largest absolute Gasteiger partial charge is 0.379 e. The van der Waals surface area contributed by atoms with E-state index in [2.05, 4.69) is 21.2 Å². The topological polar surface area (TPSA) is 21.3 Å². The van der Waals surface area contributed by atoms with Gasteiger partial charge in [-0.3, -0.25) is 0 Å². The molecular weight excluding hydrogens is 304 g/mol. The molecule has 0 aromatic heterocycles. The zero-order valence-corrected chi connectivity index (χ0v) is 12.2. The first-order valence-electron chi connectivity index (χ1n) is 6.06. The molecule has 1 aromatic carbocycles. The second-order valence-electron chi connectivity index (χ2n) is 3.94. The molecule has 0 spiro atoms. The van der Waals surface area contributed by atoms with Crippen LogP contribution in [0.2, 0.25) is 0 Å². The summed E-state index contributed by atoms with van der Waals surface area (Å²) in [6.45, 7) is 5.33. The fraction of sp³-hybridized carbons (Fsp3) is 0.538. The Labute approximate surface area is 115 Å². The molecule has 1 N–H and O–H groups in total. The van der Waals surface area contributed by atoms with Gasteiger partial charge in [0.1, 0.15) is 11.6 Å². The molecule has 18 heavy (non-hydrogen) atoms. The van der Waals surface area contributed by atoms with Crippen molar-refractivity contribution in [2.45, 2.75) is 26.3 Å². The van der Waals surface area contributed by atoms with Crippen molar-refractivity contribution in [1.29, 1.82) is 0 Å². The molecule has 2 nitrogen and oxygen atoms in total. The molecular formula is C13H18BrF2NO. The van der Waals surface area contributed by atoms with Gasteiger partial charge in [-0.05, 0) is 41.0 Å². The van der Waals surface area contributed by atoms with Gasteiger partial charge in [0.25, 0.3) is 0 Å². The van der Waals surface area contributed by atoms with Gasteiger partial charge >= 0.3 is 0 Å². The highest BCUT2D eigenvalue weighted by Gasteiger charge is 2.21. The molecule has 1 rings (SSSR count). The minimum Gasteiger partial charge on any atom is -0.379 e. The summed E-state index contributed by atoms with van der Waals surface area (Å²) in [5, 5.41) is 3.04. The van der Waals surface area contributed by atoms with Crippen molar-refractivity contribution in [1.82, 2.24) is 5.32 Å². The van der Waals surface area contributed by atoms with Gasteiger partial charge in [-0.15, -0.1) is 0 Å². The molecule has 1 atom stereocenters. The van der Waals surface area contributed by atoms with Gasteiger partial charge in [0.15, 0.2) is 0 Å². The number of hydrogen-bond donors (Lipinski definition) is 1. The first-order chi connectivity index (χ1) is 8.61. The third-order valence-corrected chi connectivity index (χ3v) is 3.12. The lowest BCUT2D eigenvalue weighted by Gasteiger charge is -2.20. The monoisotopic (exact) mass is 321 g/mol. The quantitative estimate of drug-likeness (QED) is 0.609. The number of rotatable bonds is 7. The Morgan fingerprint density at radius 2 is 2.06 bits per heavy atom. The first kappa shape index (κ1) is 15.5. The fourth-order valence-corrected chi connectivity index (χ4v) is 2.04. The minimum atomic E-state index is -0.568. The van der Waals surface area contributed by atoms with Crippen molar-refractivity contribution in [2.75, 3.05) is 19.8 Å². The van der Waals surface area contributed by atoms with Gasteiger partial charge in [0, 0.05) is 12.2 Å². The average molecular weight is 322 g/mol. The van der Waals surface area contributed by atoms with Crippen molar-refractivity contribution in [3.05, 3.63) is 33.8 Å². The molecule has 0 saturated heterocycles. The molecule has 0 bridgehead atoms. The molecule has 0 fully saturated rings. The van der Waals surface area contributed by atoms with Crippen LogP contribution in [0.3, 0.4) is 0 Å². The number of nitrogens with one attached hydrogen (secondary N) is 1.